The first-order valence-electron chi connectivity index (χ1n) is 7.41. The third-order valence-corrected chi connectivity index (χ3v) is 4.78. The summed E-state index contributed by atoms with van der Waals surface area (Å²) >= 11 is 1.77. The molecule has 3 rings (SSSR count). The van der Waals surface area contributed by atoms with Crippen molar-refractivity contribution in [1.82, 2.24) is 15.3 Å². The van der Waals surface area contributed by atoms with E-state index in [2.05, 4.69) is 15.3 Å². The molecule has 2 saturated carbocycles. The van der Waals surface area contributed by atoms with Gasteiger partial charge in [0.2, 0.25) is 0 Å². The van der Waals surface area contributed by atoms with Crippen LogP contribution < -0.4 is 5.32 Å². The third-order valence-electron chi connectivity index (χ3n) is 3.93. The maximum Gasteiger partial charge on any atom is 0.188 e. The maximum absolute atomic E-state index is 4.47. The normalized spacial score (nSPS) is 19.1. The van der Waals surface area contributed by atoms with Gasteiger partial charge in [-0.05, 0) is 57.4 Å². The summed E-state index contributed by atoms with van der Waals surface area (Å²) in [6, 6.07) is 2.83. The van der Waals surface area contributed by atoms with Gasteiger partial charge in [0.25, 0.3) is 0 Å². The molecule has 2 fully saturated rings. The molecule has 0 saturated heterocycles. The number of hydrogen-bond acceptors (Lipinski definition) is 4. The molecule has 1 heterocycles. The van der Waals surface area contributed by atoms with Crippen LogP contribution in [0.2, 0.25) is 0 Å². The van der Waals surface area contributed by atoms with E-state index >= 15 is 0 Å². The van der Waals surface area contributed by atoms with E-state index in [9.17, 15) is 0 Å². The van der Waals surface area contributed by atoms with Crippen molar-refractivity contribution < 1.29 is 0 Å². The minimum atomic E-state index is 0.806. The summed E-state index contributed by atoms with van der Waals surface area (Å²) in [6.07, 6.45) is 5.78. The highest BCUT2D eigenvalue weighted by Crippen LogP contribution is 2.44. The van der Waals surface area contributed by atoms with Crippen LogP contribution in [0, 0.1) is 25.7 Å². The Labute approximate surface area is 120 Å². The van der Waals surface area contributed by atoms with Gasteiger partial charge in [-0.15, -0.1) is 0 Å². The molecular weight excluding hydrogens is 254 g/mol. The third kappa shape index (κ3) is 3.93. The molecule has 2 aliphatic rings. The van der Waals surface area contributed by atoms with Crippen LogP contribution >= 0.6 is 11.8 Å². The zero-order valence-electron chi connectivity index (χ0n) is 11.9. The Hall–Kier alpha value is -0.610. The van der Waals surface area contributed by atoms with Crippen molar-refractivity contribution in [3.05, 3.63) is 17.5 Å². The number of nitrogens with one attached hydrogen (secondary N) is 1. The number of thioether (sulfide) groups is 1. The molecule has 1 aromatic rings. The van der Waals surface area contributed by atoms with Crippen LogP contribution in [0.3, 0.4) is 0 Å². The summed E-state index contributed by atoms with van der Waals surface area (Å²) in [5.41, 5.74) is 2.13. The Morgan fingerprint density at radius 1 is 1.16 bits per heavy atom. The molecule has 1 aromatic heterocycles. The summed E-state index contributed by atoms with van der Waals surface area (Å²) < 4.78 is 0. The highest BCUT2D eigenvalue weighted by atomic mass is 32.2. The predicted molar refractivity (Wildman–Crippen MR) is 79.5 cm³/mol. The highest BCUT2D eigenvalue weighted by molar-refractivity contribution is 7.99. The molecule has 19 heavy (non-hydrogen) atoms. The molecule has 0 atom stereocenters. The van der Waals surface area contributed by atoms with E-state index in [1.54, 1.807) is 11.8 Å². The predicted octanol–water partition coefficient (Wildman–Crippen LogP) is 2.96. The molecule has 104 valence electrons. The van der Waals surface area contributed by atoms with Gasteiger partial charge < -0.3 is 5.32 Å². The van der Waals surface area contributed by atoms with E-state index in [0.717, 1.165) is 46.7 Å². The summed E-state index contributed by atoms with van der Waals surface area (Å²) in [7, 11) is 0. The van der Waals surface area contributed by atoms with E-state index < -0.39 is 0 Å². The maximum atomic E-state index is 4.47. The molecule has 0 unspecified atom stereocenters. The van der Waals surface area contributed by atoms with E-state index in [1.807, 2.05) is 19.9 Å². The second kappa shape index (κ2) is 5.80. The molecule has 4 heteroatoms. The van der Waals surface area contributed by atoms with Crippen molar-refractivity contribution in [2.75, 3.05) is 12.3 Å². The second-order valence-electron chi connectivity index (χ2n) is 5.94. The topological polar surface area (TPSA) is 37.8 Å². The van der Waals surface area contributed by atoms with E-state index in [0.29, 0.717) is 0 Å². The Kier molecular flexibility index (Phi) is 4.08. The summed E-state index contributed by atoms with van der Waals surface area (Å²) in [6.45, 7) is 5.15. The van der Waals surface area contributed by atoms with Gasteiger partial charge in [0.15, 0.2) is 5.16 Å². The van der Waals surface area contributed by atoms with Crippen molar-refractivity contribution in [3.63, 3.8) is 0 Å². The largest absolute Gasteiger partial charge is 0.313 e. The molecule has 0 spiro atoms. The number of hydrogen-bond donors (Lipinski definition) is 1. The molecule has 0 radical (unpaired) electrons. The minimum absolute atomic E-state index is 0.806. The Balaban J connectivity index is 1.42. The fraction of sp³-hybridized carbons (Fsp3) is 0.733. The van der Waals surface area contributed by atoms with Gasteiger partial charge in [-0.1, -0.05) is 11.8 Å². The smallest absolute Gasteiger partial charge is 0.188 e. The lowest BCUT2D eigenvalue weighted by molar-refractivity contribution is 0.429. The van der Waals surface area contributed by atoms with E-state index in [-0.39, 0.29) is 0 Å². The van der Waals surface area contributed by atoms with Crippen LogP contribution in [0.5, 0.6) is 0 Å². The van der Waals surface area contributed by atoms with Crippen molar-refractivity contribution in [3.8, 4) is 0 Å². The van der Waals surface area contributed by atoms with Crippen LogP contribution in [-0.2, 0) is 0 Å². The lowest BCUT2D eigenvalue weighted by atomic mass is 10.1. The molecule has 0 bridgehead atoms. The lowest BCUT2D eigenvalue weighted by Gasteiger charge is -2.17. The van der Waals surface area contributed by atoms with Gasteiger partial charge in [-0.3, -0.25) is 0 Å². The molecule has 0 amide bonds. The van der Waals surface area contributed by atoms with Gasteiger partial charge in [-0.2, -0.15) is 0 Å². The van der Waals surface area contributed by atoms with Gasteiger partial charge in [0, 0.05) is 29.7 Å². The number of rotatable bonds is 7. The molecular formula is C15H23N3S. The summed E-state index contributed by atoms with van der Waals surface area (Å²) in [5.74, 6) is 3.03. The van der Waals surface area contributed by atoms with Gasteiger partial charge >= 0.3 is 0 Å². The molecule has 0 aliphatic heterocycles. The van der Waals surface area contributed by atoms with Crippen molar-refractivity contribution >= 4 is 11.8 Å². The van der Waals surface area contributed by atoms with Crippen molar-refractivity contribution in [2.24, 2.45) is 11.8 Å². The monoisotopic (exact) mass is 277 g/mol. The van der Waals surface area contributed by atoms with E-state index in [1.165, 1.54) is 25.7 Å². The highest BCUT2D eigenvalue weighted by Gasteiger charge is 2.40. The van der Waals surface area contributed by atoms with Crippen LogP contribution in [0.15, 0.2) is 11.2 Å². The zero-order chi connectivity index (χ0) is 13.2. The fourth-order valence-electron chi connectivity index (χ4n) is 2.75. The van der Waals surface area contributed by atoms with E-state index in [4.69, 9.17) is 0 Å². The number of aromatic nitrogens is 2. The first-order chi connectivity index (χ1) is 9.22. The Morgan fingerprint density at radius 3 is 2.26 bits per heavy atom. The number of aryl methyl sites for hydroxylation is 2. The molecule has 2 aliphatic carbocycles. The standard InChI is InChI=1S/C15H23N3S/c1-10-9-11(2)18-15(17-10)19-8-7-16-14(12-3-4-12)13-5-6-13/h9,12-14,16H,3-8H2,1-2H3. The summed E-state index contributed by atoms with van der Waals surface area (Å²) in [4.78, 5) is 8.94. The van der Waals surface area contributed by atoms with Gasteiger partial charge in [0.1, 0.15) is 0 Å². The average Bonchev–Trinajstić information content (AvgIpc) is 3.22. The van der Waals surface area contributed by atoms with Crippen LogP contribution in [0.1, 0.15) is 37.1 Å². The Morgan fingerprint density at radius 2 is 1.74 bits per heavy atom. The zero-order valence-corrected chi connectivity index (χ0v) is 12.7. The Bertz CT molecular complexity index is 409. The van der Waals surface area contributed by atoms with Crippen LogP contribution in [0.25, 0.3) is 0 Å². The SMILES string of the molecule is Cc1cc(C)nc(SCCNC(C2CC2)C2CC2)n1. The molecule has 0 aromatic carbocycles. The van der Waals surface area contributed by atoms with Crippen LogP contribution in [0.4, 0.5) is 0 Å². The minimum Gasteiger partial charge on any atom is -0.313 e. The van der Waals surface area contributed by atoms with Crippen molar-refractivity contribution in [1.29, 1.82) is 0 Å². The van der Waals surface area contributed by atoms with Crippen molar-refractivity contribution in [2.45, 2.75) is 50.7 Å². The first kappa shape index (κ1) is 13.4. The first-order valence-corrected chi connectivity index (χ1v) is 8.39. The summed E-state index contributed by atoms with van der Waals surface area (Å²) in [5, 5.41) is 4.69. The van der Waals surface area contributed by atoms with Gasteiger partial charge in [0.05, 0.1) is 0 Å². The lowest BCUT2D eigenvalue weighted by Crippen LogP contribution is -2.34. The molecule has 3 nitrogen and oxygen atoms in total. The molecule has 1 N–H and O–H groups in total. The second-order valence-corrected chi connectivity index (χ2v) is 7.00. The van der Waals surface area contributed by atoms with Gasteiger partial charge in [-0.25, -0.2) is 9.97 Å². The van der Waals surface area contributed by atoms with Crippen LogP contribution in [-0.4, -0.2) is 28.3 Å². The fourth-order valence-corrected chi connectivity index (χ4v) is 3.57. The number of nitrogens with zero attached hydrogens (tertiary/aromatic N) is 2. The quantitative estimate of drug-likeness (QED) is 0.472. The average molecular weight is 277 g/mol.